The summed E-state index contributed by atoms with van der Waals surface area (Å²) >= 11 is 0. The van der Waals surface area contributed by atoms with Gasteiger partial charge in [0, 0.05) is 13.1 Å². The van der Waals surface area contributed by atoms with Gasteiger partial charge in [-0.25, -0.2) is 4.79 Å². The largest absolute Gasteiger partial charge is 0.491 e. The van der Waals surface area contributed by atoms with E-state index in [0.717, 1.165) is 11.0 Å². The van der Waals surface area contributed by atoms with Crippen molar-refractivity contribution in [3.8, 4) is 5.75 Å². The summed E-state index contributed by atoms with van der Waals surface area (Å²) in [4.78, 5) is 22.6. The van der Waals surface area contributed by atoms with Crippen LogP contribution < -0.4 is 10.4 Å². The molecule has 0 bridgehead atoms. The number of rotatable bonds is 6. The molecule has 0 amide bonds. The van der Waals surface area contributed by atoms with Crippen LogP contribution in [0, 0.1) is 10.1 Å². The maximum absolute atomic E-state index is 12.3. The van der Waals surface area contributed by atoms with Gasteiger partial charge in [-0.1, -0.05) is 18.2 Å². The van der Waals surface area contributed by atoms with E-state index < -0.39 is 11.0 Å². The summed E-state index contributed by atoms with van der Waals surface area (Å²) in [7, 11) is 1.67. The van der Waals surface area contributed by atoms with E-state index in [9.17, 15) is 20.0 Å². The van der Waals surface area contributed by atoms with E-state index in [0.29, 0.717) is 5.75 Å². The Morgan fingerprint density at radius 2 is 1.92 bits per heavy atom. The third kappa shape index (κ3) is 3.38. The number of aromatic nitrogens is 2. The van der Waals surface area contributed by atoms with Crippen LogP contribution in [-0.2, 0) is 13.6 Å². The number of ether oxygens (including phenoxy) is 1. The highest BCUT2D eigenvalue weighted by molar-refractivity contribution is 5.75. The van der Waals surface area contributed by atoms with Crippen LogP contribution in [0.25, 0.3) is 11.0 Å². The van der Waals surface area contributed by atoms with Crippen molar-refractivity contribution in [3.63, 3.8) is 0 Å². The Morgan fingerprint density at radius 3 is 2.64 bits per heavy atom. The maximum atomic E-state index is 12.3. The molecule has 3 rings (SSSR count). The molecule has 0 aliphatic heterocycles. The summed E-state index contributed by atoms with van der Waals surface area (Å²) in [6.07, 6.45) is -0.942. The Kier molecular flexibility index (Phi) is 4.53. The van der Waals surface area contributed by atoms with Crippen molar-refractivity contribution in [1.29, 1.82) is 0 Å². The van der Waals surface area contributed by atoms with Gasteiger partial charge >= 0.3 is 5.69 Å². The van der Waals surface area contributed by atoms with Crippen LogP contribution in [0.3, 0.4) is 0 Å². The Balaban J connectivity index is 1.72. The number of para-hydroxylation sites is 2. The monoisotopic (exact) mass is 343 g/mol. The summed E-state index contributed by atoms with van der Waals surface area (Å²) < 4.78 is 8.41. The zero-order valence-electron chi connectivity index (χ0n) is 13.5. The Labute approximate surface area is 142 Å². The van der Waals surface area contributed by atoms with Crippen LogP contribution in [0.2, 0.25) is 0 Å². The first-order valence-corrected chi connectivity index (χ1v) is 7.67. The third-order valence-corrected chi connectivity index (χ3v) is 3.92. The Morgan fingerprint density at radius 1 is 1.20 bits per heavy atom. The van der Waals surface area contributed by atoms with Gasteiger partial charge in [0.2, 0.25) is 0 Å². The van der Waals surface area contributed by atoms with Crippen molar-refractivity contribution in [3.05, 3.63) is 69.1 Å². The first-order valence-electron chi connectivity index (χ1n) is 7.67. The van der Waals surface area contributed by atoms with Gasteiger partial charge in [-0.15, -0.1) is 0 Å². The van der Waals surface area contributed by atoms with Crippen LogP contribution in [0.15, 0.2) is 53.3 Å². The molecule has 3 aromatic rings. The summed E-state index contributed by atoms with van der Waals surface area (Å²) in [6.45, 7) is -0.0219. The number of nitro benzene ring substituents is 1. The highest BCUT2D eigenvalue weighted by Crippen LogP contribution is 2.19. The van der Waals surface area contributed by atoms with Gasteiger partial charge in [-0.2, -0.15) is 0 Å². The molecule has 1 N–H and O–H groups in total. The van der Waals surface area contributed by atoms with E-state index >= 15 is 0 Å². The lowest BCUT2D eigenvalue weighted by atomic mass is 10.3. The quantitative estimate of drug-likeness (QED) is 0.542. The number of non-ortho nitro benzene ring substituents is 1. The standard InChI is InChI=1S/C17H17N3O5/c1-18-15-7-2-3-8-16(15)19(17(18)22)10-13(21)11-25-14-6-4-5-12(9-14)20(23)24/h2-9,13,21H,10-11H2,1H3. The minimum absolute atomic E-state index is 0.0646. The molecular formula is C17H17N3O5. The summed E-state index contributed by atoms with van der Waals surface area (Å²) in [5, 5.41) is 21.0. The molecular weight excluding hydrogens is 326 g/mol. The predicted octanol–water partition coefficient (Wildman–Crippen LogP) is 1.69. The SMILES string of the molecule is Cn1c(=O)n(CC(O)COc2cccc([N+](=O)[O-])c2)c2ccccc21. The number of aliphatic hydroxyl groups is 1. The molecule has 0 aliphatic carbocycles. The molecule has 130 valence electrons. The molecule has 8 heteroatoms. The fourth-order valence-corrected chi connectivity index (χ4v) is 2.68. The first-order chi connectivity index (χ1) is 12.0. The highest BCUT2D eigenvalue weighted by Gasteiger charge is 2.15. The van der Waals surface area contributed by atoms with Gasteiger partial charge in [0.15, 0.2) is 0 Å². The van der Waals surface area contributed by atoms with E-state index in [4.69, 9.17) is 4.74 Å². The molecule has 2 aromatic carbocycles. The lowest BCUT2D eigenvalue weighted by molar-refractivity contribution is -0.384. The lowest BCUT2D eigenvalue weighted by Crippen LogP contribution is -2.30. The molecule has 1 heterocycles. The zero-order valence-corrected chi connectivity index (χ0v) is 13.5. The lowest BCUT2D eigenvalue weighted by Gasteiger charge is -2.13. The van der Waals surface area contributed by atoms with E-state index in [1.165, 1.54) is 27.3 Å². The van der Waals surface area contributed by atoms with E-state index in [2.05, 4.69) is 0 Å². The fraction of sp³-hybridized carbons (Fsp3) is 0.235. The molecule has 0 fully saturated rings. The van der Waals surface area contributed by atoms with Crippen molar-refractivity contribution in [1.82, 2.24) is 9.13 Å². The van der Waals surface area contributed by atoms with Gasteiger partial charge in [0.1, 0.15) is 18.5 Å². The van der Waals surface area contributed by atoms with E-state index in [1.54, 1.807) is 13.1 Å². The zero-order chi connectivity index (χ0) is 18.0. The number of aliphatic hydroxyl groups excluding tert-OH is 1. The number of benzene rings is 2. The van der Waals surface area contributed by atoms with Crippen molar-refractivity contribution < 1.29 is 14.8 Å². The molecule has 8 nitrogen and oxygen atoms in total. The van der Waals surface area contributed by atoms with Crippen LogP contribution >= 0.6 is 0 Å². The number of fused-ring (bicyclic) bond motifs is 1. The Hall–Kier alpha value is -3.13. The molecule has 0 spiro atoms. The van der Waals surface area contributed by atoms with Crippen LogP contribution in [0.4, 0.5) is 5.69 Å². The third-order valence-electron chi connectivity index (χ3n) is 3.92. The number of nitro groups is 1. The van der Waals surface area contributed by atoms with Crippen molar-refractivity contribution in [2.45, 2.75) is 12.6 Å². The van der Waals surface area contributed by atoms with Crippen molar-refractivity contribution in [2.75, 3.05) is 6.61 Å². The van der Waals surface area contributed by atoms with Crippen LogP contribution in [0.5, 0.6) is 5.75 Å². The topological polar surface area (TPSA) is 99.5 Å². The molecule has 0 saturated carbocycles. The number of aryl methyl sites for hydroxylation is 1. The Bertz CT molecular complexity index is 976. The minimum atomic E-state index is -0.942. The summed E-state index contributed by atoms with van der Waals surface area (Å²) in [5.74, 6) is 0.290. The second kappa shape index (κ2) is 6.78. The molecule has 1 aromatic heterocycles. The van der Waals surface area contributed by atoms with Crippen molar-refractivity contribution in [2.24, 2.45) is 7.05 Å². The van der Waals surface area contributed by atoms with E-state index in [1.807, 2.05) is 24.3 Å². The number of imidazole rings is 1. The summed E-state index contributed by atoms with van der Waals surface area (Å²) in [5.41, 5.74) is 1.19. The second-order valence-corrected chi connectivity index (χ2v) is 5.66. The number of hydrogen-bond acceptors (Lipinski definition) is 5. The first kappa shape index (κ1) is 16.7. The van der Waals surface area contributed by atoms with Crippen LogP contribution in [0.1, 0.15) is 0 Å². The number of nitrogens with zero attached hydrogens (tertiary/aromatic N) is 3. The summed E-state index contributed by atoms with van der Waals surface area (Å²) in [6, 6.07) is 13.0. The molecule has 0 aliphatic rings. The average molecular weight is 343 g/mol. The minimum Gasteiger partial charge on any atom is -0.491 e. The van der Waals surface area contributed by atoms with E-state index in [-0.39, 0.29) is 24.5 Å². The highest BCUT2D eigenvalue weighted by atomic mass is 16.6. The smallest absolute Gasteiger partial charge is 0.328 e. The number of hydrogen-bond donors (Lipinski definition) is 1. The van der Waals surface area contributed by atoms with Crippen molar-refractivity contribution >= 4 is 16.7 Å². The molecule has 1 unspecified atom stereocenters. The van der Waals surface area contributed by atoms with Gasteiger partial charge in [0.25, 0.3) is 5.69 Å². The van der Waals surface area contributed by atoms with Crippen LogP contribution in [-0.4, -0.2) is 31.9 Å². The van der Waals surface area contributed by atoms with Gasteiger partial charge < -0.3 is 9.84 Å². The fourth-order valence-electron chi connectivity index (χ4n) is 2.68. The molecule has 0 radical (unpaired) electrons. The van der Waals surface area contributed by atoms with Gasteiger partial charge in [-0.3, -0.25) is 19.2 Å². The second-order valence-electron chi connectivity index (χ2n) is 5.66. The molecule has 25 heavy (non-hydrogen) atoms. The maximum Gasteiger partial charge on any atom is 0.328 e. The van der Waals surface area contributed by atoms with Gasteiger partial charge in [0.05, 0.1) is 28.6 Å². The molecule has 0 saturated heterocycles. The molecule has 1 atom stereocenters. The van der Waals surface area contributed by atoms with Gasteiger partial charge in [-0.05, 0) is 18.2 Å². The average Bonchev–Trinajstić information content (AvgIpc) is 2.85. The predicted molar refractivity (Wildman–Crippen MR) is 91.8 cm³/mol. The normalized spacial score (nSPS) is 12.2.